The minimum atomic E-state index is -0.701. The molecule has 1 fully saturated rings. The zero-order valence-electron chi connectivity index (χ0n) is 10.4. The topological polar surface area (TPSA) is 49.3 Å². The van der Waals surface area contributed by atoms with Gasteiger partial charge in [0.05, 0.1) is 6.42 Å². The zero-order chi connectivity index (χ0) is 12.4. The number of carboxylic acid groups (broad SMARTS) is 1. The first kappa shape index (κ1) is 12.1. The Morgan fingerprint density at radius 3 is 2.59 bits per heavy atom. The van der Waals surface area contributed by atoms with E-state index in [0.29, 0.717) is 0 Å². The van der Waals surface area contributed by atoms with E-state index in [4.69, 9.17) is 5.11 Å². The lowest BCUT2D eigenvalue weighted by Gasteiger charge is -2.19. The van der Waals surface area contributed by atoms with Gasteiger partial charge in [0.15, 0.2) is 0 Å². The standard InChI is InChI=1S/C14H19NO2/c1-9-5-10(2)7-12(6-9)14-11(3-4-15-14)8-13(16)17/h5-7,11,14-15H,3-4,8H2,1-2H3,(H,16,17)/t11-,14+/m1/s1. The highest BCUT2D eigenvalue weighted by Crippen LogP contribution is 2.32. The fraction of sp³-hybridized carbons (Fsp3) is 0.500. The van der Waals surface area contributed by atoms with Crippen molar-refractivity contribution in [1.29, 1.82) is 0 Å². The molecule has 1 aromatic rings. The van der Waals surface area contributed by atoms with Crippen molar-refractivity contribution < 1.29 is 9.90 Å². The molecule has 1 aromatic carbocycles. The summed E-state index contributed by atoms with van der Waals surface area (Å²) in [6.07, 6.45) is 1.20. The van der Waals surface area contributed by atoms with Crippen LogP contribution >= 0.6 is 0 Å². The first-order valence-electron chi connectivity index (χ1n) is 6.09. The molecule has 0 saturated carbocycles. The molecule has 0 spiro atoms. The molecule has 1 aliphatic heterocycles. The summed E-state index contributed by atoms with van der Waals surface area (Å²) in [5, 5.41) is 12.3. The van der Waals surface area contributed by atoms with Gasteiger partial charge in [-0.25, -0.2) is 0 Å². The van der Waals surface area contributed by atoms with E-state index >= 15 is 0 Å². The van der Waals surface area contributed by atoms with Gasteiger partial charge in [0, 0.05) is 6.04 Å². The molecule has 2 atom stereocenters. The summed E-state index contributed by atoms with van der Waals surface area (Å²) in [7, 11) is 0. The van der Waals surface area contributed by atoms with Crippen LogP contribution in [0.5, 0.6) is 0 Å². The molecule has 3 nitrogen and oxygen atoms in total. The molecular formula is C14H19NO2. The summed E-state index contributed by atoms with van der Waals surface area (Å²) in [4.78, 5) is 10.8. The van der Waals surface area contributed by atoms with Crippen molar-refractivity contribution in [3.05, 3.63) is 34.9 Å². The smallest absolute Gasteiger partial charge is 0.303 e. The molecule has 0 amide bonds. The number of aliphatic carboxylic acids is 1. The number of rotatable bonds is 3. The fourth-order valence-corrected chi connectivity index (χ4v) is 2.78. The SMILES string of the molecule is Cc1cc(C)cc([C@H]2NCC[C@@H]2CC(=O)O)c1. The van der Waals surface area contributed by atoms with Crippen molar-refractivity contribution in [2.24, 2.45) is 5.92 Å². The van der Waals surface area contributed by atoms with Gasteiger partial charge in [-0.15, -0.1) is 0 Å². The quantitative estimate of drug-likeness (QED) is 0.843. The summed E-state index contributed by atoms with van der Waals surface area (Å²) in [6, 6.07) is 6.66. The van der Waals surface area contributed by atoms with Gasteiger partial charge in [0.1, 0.15) is 0 Å². The van der Waals surface area contributed by atoms with E-state index in [1.807, 2.05) is 0 Å². The summed E-state index contributed by atoms with van der Waals surface area (Å²) in [6.45, 7) is 5.07. The Kier molecular flexibility index (Phi) is 3.48. The van der Waals surface area contributed by atoms with Gasteiger partial charge in [-0.2, -0.15) is 0 Å². The third-order valence-corrected chi connectivity index (χ3v) is 3.39. The van der Waals surface area contributed by atoms with Crippen LogP contribution in [0.25, 0.3) is 0 Å². The van der Waals surface area contributed by atoms with Gasteiger partial charge in [0.25, 0.3) is 0 Å². The van der Waals surface area contributed by atoms with Gasteiger partial charge >= 0.3 is 5.97 Å². The Labute approximate surface area is 102 Å². The average molecular weight is 233 g/mol. The Balaban J connectivity index is 2.22. The number of benzene rings is 1. The van der Waals surface area contributed by atoms with Gasteiger partial charge in [-0.1, -0.05) is 29.3 Å². The largest absolute Gasteiger partial charge is 0.481 e. The number of aryl methyl sites for hydroxylation is 2. The number of carbonyl (C=O) groups is 1. The Morgan fingerprint density at radius 2 is 2.00 bits per heavy atom. The first-order chi connectivity index (χ1) is 8.06. The van der Waals surface area contributed by atoms with Crippen molar-refractivity contribution in [3.63, 3.8) is 0 Å². The second-order valence-electron chi connectivity index (χ2n) is 5.00. The Bertz CT molecular complexity index is 408. The van der Waals surface area contributed by atoms with Crippen molar-refractivity contribution in [2.75, 3.05) is 6.54 Å². The number of hydrogen-bond donors (Lipinski definition) is 2. The number of nitrogens with one attached hydrogen (secondary N) is 1. The average Bonchev–Trinajstić information content (AvgIpc) is 2.63. The van der Waals surface area contributed by atoms with E-state index in [-0.39, 0.29) is 18.4 Å². The van der Waals surface area contributed by atoms with Crippen LogP contribution < -0.4 is 5.32 Å². The van der Waals surface area contributed by atoms with Gasteiger partial charge in [-0.05, 0) is 38.3 Å². The lowest BCUT2D eigenvalue weighted by Crippen LogP contribution is -2.20. The van der Waals surface area contributed by atoms with Crippen LogP contribution in [0.4, 0.5) is 0 Å². The third-order valence-electron chi connectivity index (χ3n) is 3.39. The highest BCUT2D eigenvalue weighted by molar-refractivity contribution is 5.67. The van der Waals surface area contributed by atoms with Crippen molar-refractivity contribution in [1.82, 2.24) is 5.32 Å². The fourth-order valence-electron chi connectivity index (χ4n) is 2.78. The molecule has 2 N–H and O–H groups in total. The normalized spacial score (nSPS) is 23.9. The molecule has 0 aromatic heterocycles. The van der Waals surface area contributed by atoms with E-state index in [9.17, 15) is 4.79 Å². The molecular weight excluding hydrogens is 214 g/mol. The minimum absolute atomic E-state index is 0.199. The molecule has 0 unspecified atom stereocenters. The molecule has 0 aliphatic carbocycles. The molecule has 0 radical (unpaired) electrons. The summed E-state index contributed by atoms with van der Waals surface area (Å²) < 4.78 is 0. The maximum absolute atomic E-state index is 10.8. The molecule has 1 heterocycles. The Morgan fingerprint density at radius 1 is 1.35 bits per heavy atom. The molecule has 92 valence electrons. The highest BCUT2D eigenvalue weighted by atomic mass is 16.4. The molecule has 3 heteroatoms. The first-order valence-corrected chi connectivity index (χ1v) is 6.09. The zero-order valence-corrected chi connectivity index (χ0v) is 10.4. The van der Waals surface area contributed by atoms with Crippen LogP contribution in [-0.2, 0) is 4.79 Å². The predicted molar refractivity (Wildman–Crippen MR) is 67.0 cm³/mol. The van der Waals surface area contributed by atoms with Crippen molar-refractivity contribution in [3.8, 4) is 0 Å². The van der Waals surface area contributed by atoms with E-state index < -0.39 is 5.97 Å². The van der Waals surface area contributed by atoms with Crippen LogP contribution in [0.2, 0.25) is 0 Å². The third kappa shape index (κ3) is 2.86. The second-order valence-corrected chi connectivity index (χ2v) is 5.00. The maximum atomic E-state index is 10.8. The minimum Gasteiger partial charge on any atom is -0.481 e. The maximum Gasteiger partial charge on any atom is 0.303 e. The summed E-state index contributed by atoms with van der Waals surface area (Å²) in [5.41, 5.74) is 3.71. The van der Waals surface area contributed by atoms with Crippen LogP contribution in [0, 0.1) is 19.8 Å². The molecule has 0 bridgehead atoms. The van der Waals surface area contributed by atoms with Crippen LogP contribution in [-0.4, -0.2) is 17.6 Å². The van der Waals surface area contributed by atoms with Crippen molar-refractivity contribution >= 4 is 5.97 Å². The highest BCUT2D eigenvalue weighted by Gasteiger charge is 2.29. The molecule has 2 rings (SSSR count). The van der Waals surface area contributed by atoms with Gasteiger partial charge in [0.2, 0.25) is 0 Å². The van der Waals surface area contributed by atoms with E-state index in [0.717, 1.165) is 13.0 Å². The van der Waals surface area contributed by atoms with E-state index in [2.05, 4.69) is 37.4 Å². The van der Waals surface area contributed by atoms with Gasteiger partial charge < -0.3 is 10.4 Å². The summed E-state index contributed by atoms with van der Waals surface area (Å²) >= 11 is 0. The van der Waals surface area contributed by atoms with Crippen LogP contribution in [0.1, 0.15) is 35.6 Å². The molecule has 17 heavy (non-hydrogen) atoms. The van der Waals surface area contributed by atoms with Gasteiger partial charge in [-0.3, -0.25) is 4.79 Å². The van der Waals surface area contributed by atoms with Crippen LogP contribution in [0.3, 0.4) is 0 Å². The van der Waals surface area contributed by atoms with E-state index in [1.54, 1.807) is 0 Å². The monoisotopic (exact) mass is 233 g/mol. The second kappa shape index (κ2) is 4.88. The summed E-state index contributed by atoms with van der Waals surface area (Å²) in [5.74, 6) is -0.484. The van der Waals surface area contributed by atoms with Crippen LogP contribution in [0.15, 0.2) is 18.2 Å². The molecule has 1 saturated heterocycles. The molecule has 1 aliphatic rings. The number of hydrogen-bond acceptors (Lipinski definition) is 2. The van der Waals surface area contributed by atoms with E-state index in [1.165, 1.54) is 16.7 Å². The Hall–Kier alpha value is -1.35. The lowest BCUT2D eigenvalue weighted by molar-refractivity contribution is -0.138. The predicted octanol–water partition coefficient (Wildman–Crippen LogP) is 2.43. The van der Waals surface area contributed by atoms with Crippen molar-refractivity contribution in [2.45, 2.75) is 32.7 Å². The number of carboxylic acids is 1. The lowest BCUT2D eigenvalue weighted by atomic mass is 9.90.